The Morgan fingerprint density at radius 1 is 1.12 bits per heavy atom. The Hall–Kier alpha value is -0.590. The molecule has 0 unspecified atom stereocenters. The van der Waals surface area contributed by atoms with Crippen LogP contribution in [-0.4, -0.2) is 29.6 Å². The zero-order chi connectivity index (χ0) is 12.8. The van der Waals surface area contributed by atoms with Gasteiger partial charge in [-0.1, -0.05) is 6.92 Å². The lowest BCUT2D eigenvalue weighted by molar-refractivity contribution is 0.808. The highest BCUT2D eigenvalue weighted by Gasteiger charge is 2.13. The van der Waals surface area contributed by atoms with Crippen LogP contribution in [0.3, 0.4) is 0 Å². The summed E-state index contributed by atoms with van der Waals surface area (Å²) in [5.74, 6) is 1.80. The minimum Gasteiger partial charge on any atom is -0.369 e. The quantitative estimate of drug-likeness (QED) is 0.803. The van der Waals surface area contributed by atoms with Gasteiger partial charge in [-0.3, -0.25) is 0 Å². The minimum atomic E-state index is 0.836. The Morgan fingerprint density at radius 2 is 1.76 bits per heavy atom. The van der Waals surface area contributed by atoms with Crippen LogP contribution in [0.4, 0.5) is 11.8 Å². The number of rotatable bonds is 6. The van der Waals surface area contributed by atoms with Crippen molar-refractivity contribution in [3.8, 4) is 0 Å². The molecule has 1 aromatic rings. The lowest BCUT2D eigenvalue weighted by Crippen LogP contribution is -2.25. The van der Waals surface area contributed by atoms with Crippen molar-refractivity contribution in [1.29, 1.82) is 0 Å². The normalized spacial score (nSPS) is 10.4. The average Bonchev–Trinajstić information content (AvgIpc) is 2.34. The minimum absolute atomic E-state index is 0.836. The molecule has 4 nitrogen and oxygen atoms in total. The number of aromatic nitrogens is 2. The summed E-state index contributed by atoms with van der Waals surface area (Å²) >= 11 is 2.32. The molecular formula is C12H21IN4. The van der Waals surface area contributed by atoms with Crippen molar-refractivity contribution in [3.05, 3.63) is 9.26 Å². The highest BCUT2D eigenvalue weighted by Crippen LogP contribution is 2.22. The van der Waals surface area contributed by atoms with Crippen molar-refractivity contribution < 1.29 is 0 Å². The zero-order valence-corrected chi connectivity index (χ0v) is 13.2. The highest BCUT2D eigenvalue weighted by atomic mass is 127. The summed E-state index contributed by atoms with van der Waals surface area (Å²) in [6.45, 7) is 11.2. The number of nitrogens with zero attached hydrogens (tertiary/aromatic N) is 3. The van der Waals surface area contributed by atoms with Gasteiger partial charge in [-0.05, 0) is 49.8 Å². The molecule has 1 aromatic heterocycles. The van der Waals surface area contributed by atoms with Gasteiger partial charge in [0, 0.05) is 19.6 Å². The Kier molecular flexibility index (Phi) is 5.94. The topological polar surface area (TPSA) is 41.1 Å². The SMILES string of the molecule is CCNc1nc(N(CC)CC)nc(CC)c1I. The van der Waals surface area contributed by atoms with E-state index in [0.717, 1.165) is 47.1 Å². The smallest absolute Gasteiger partial charge is 0.227 e. The summed E-state index contributed by atoms with van der Waals surface area (Å²) < 4.78 is 1.14. The molecule has 0 atom stereocenters. The maximum atomic E-state index is 4.64. The van der Waals surface area contributed by atoms with Gasteiger partial charge in [0.1, 0.15) is 5.82 Å². The van der Waals surface area contributed by atoms with Crippen LogP contribution in [0.5, 0.6) is 0 Å². The molecule has 1 N–H and O–H groups in total. The van der Waals surface area contributed by atoms with Crippen molar-refractivity contribution in [2.24, 2.45) is 0 Å². The number of hydrogen-bond donors (Lipinski definition) is 1. The lowest BCUT2D eigenvalue weighted by Gasteiger charge is -2.21. The molecule has 0 radical (unpaired) electrons. The van der Waals surface area contributed by atoms with E-state index in [9.17, 15) is 0 Å². The Morgan fingerprint density at radius 3 is 2.24 bits per heavy atom. The molecule has 0 amide bonds. The molecule has 17 heavy (non-hydrogen) atoms. The number of hydrogen-bond acceptors (Lipinski definition) is 4. The monoisotopic (exact) mass is 348 g/mol. The van der Waals surface area contributed by atoms with E-state index in [-0.39, 0.29) is 0 Å². The van der Waals surface area contributed by atoms with Gasteiger partial charge in [0.25, 0.3) is 0 Å². The van der Waals surface area contributed by atoms with Crippen LogP contribution in [0.15, 0.2) is 0 Å². The first-order valence-electron chi connectivity index (χ1n) is 6.23. The fourth-order valence-electron chi connectivity index (χ4n) is 1.65. The molecule has 0 aliphatic carbocycles. The van der Waals surface area contributed by atoms with Gasteiger partial charge in [-0.25, -0.2) is 4.98 Å². The van der Waals surface area contributed by atoms with Gasteiger partial charge in [-0.2, -0.15) is 4.98 Å². The maximum Gasteiger partial charge on any atom is 0.227 e. The molecule has 0 saturated carbocycles. The van der Waals surface area contributed by atoms with Crippen LogP contribution in [0.1, 0.15) is 33.4 Å². The van der Waals surface area contributed by atoms with E-state index in [1.54, 1.807) is 0 Å². The third-order valence-corrected chi connectivity index (χ3v) is 3.77. The number of nitrogens with one attached hydrogen (secondary N) is 1. The summed E-state index contributed by atoms with van der Waals surface area (Å²) in [6, 6.07) is 0. The van der Waals surface area contributed by atoms with Gasteiger partial charge < -0.3 is 10.2 Å². The van der Waals surface area contributed by atoms with E-state index in [0.29, 0.717) is 0 Å². The van der Waals surface area contributed by atoms with Crippen LogP contribution >= 0.6 is 22.6 Å². The van der Waals surface area contributed by atoms with E-state index in [1.807, 2.05) is 0 Å². The third kappa shape index (κ3) is 3.43. The second kappa shape index (κ2) is 6.98. The number of anilines is 2. The van der Waals surface area contributed by atoms with Crippen molar-refractivity contribution in [2.75, 3.05) is 29.9 Å². The number of halogens is 1. The van der Waals surface area contributed by atoms with Gasteiger partial charge in [-0.15, -0.1) is 0 Å². The Labute approximate surface area is 117 Å². The first-order chi connectivity index (χ1) is 8.17. The van der Waals surface area contributed by atoms with E-state index in [2.05, 4.69) is 70.5 Å². The zero-order valence-electron chi connectivity index (χ0n) is 11.0. The molecule has 0 aliphatic heterocycles. The van der Waals surface area contributed by atoms with Crippen LogP contribution in [-0.2, 0) is 6.42 Å². The molecular weight excluding hydrogens is 327 g/mol. The van der Waals surface area contributed by atoms with Crippen molar-refractivity contribution in [2.45, 2.75) is 34.1 Å². The molecule has 96 valence electrons. The molecule has 1 heterocycles. The first kappa shape index (κ1) is 14.5. The van der Waals surface area contributed by atoms with Crippen molar-refractivity contribution >= 4 is 34.4 Å². The molecule has 5 heteroatoms. The van der Waals surface area contributed by atoms with E-state index in [1.165, 1.54) is 0 Å². The number of aryl methyl sites for hydroxylation is 1. The summed E-state index contributed by atoms with van der Waals surface area (Å²) in [6.07, 6.45) is 0.938. The molecule has 1 rings (SSSR count). The van der Waals surface area contributed by atoms with E-state index < -0.39 is 0 Å². The first-order valence-corrected chi connectivity index (χ1v) is 7.30. The molecule has 0 fully saturated rings. The lowest BCUT2D eigenvalue weighted by atomic mass is 10.3. The second-order valence-corrected chi connectivity index (χ2v) is 4.77. The van der Waals surface area contributed by atoms with Crippen LogP contribution in [0.2, 0.25) is 0 Å². The predicted octanol–water partition coefficient (Wildman–Crippen LogP) is 2.92. The summed E-state index contributed by atoms with van der Waals surface area (Å²) in [5.41, 5.74) is 1.12. The van der Waals surface area contributed by atoms with Gasteiger partial charge in [0.15, 0.2) is 0 Å². The Balaban J connectivity index is 3.18. The largest absolute Gasteiger partial charge is 0.369 e. The van der Waals surface area contributed by atoms with Gasteiger partial charge >= 0.3 is 0 Å². The second-order valence-electron chi connectivity index (χ2n) is 3.69. The van der Waals surface area contributed by atoms with Crippen molar-refractivity contribution in [3.63, 3.8) is 0 Å². The summed E-state index contributed by atoms with van der Waals surface area (Å²) in [4.78, 5) is 11.4. The van der Waals surface area contributed by atoms with Crippen molar-refractivity contribution in [1.82, 2.24) is 9.97 Å². The molecule has 0 saturated heterocycles. The van der Waals surface area contributed by atoms with E-state index >= 15 is 0 Å². The molecule has 0 aliphatic rings. The Bertz CT molecular complexity index is 364. The van der Waals surface area contributed by atoms with Gasteiger partial charge in [0.2, 0.25) is 5.95 Å². The fraction of sp³-hybridized carbons (Fsp3) is 0.667. The fourth-order valence-corrected chi connectivity index (χ4v) is 2.46. The molecule has 0 spiro atoms. The summed E-state index contributed by atoms with van der Waals surface area (Å²) in [7, 11) is 0. The van der Waals surface area contributed by atoms with Crippen LogP contribution in [0.25, 0.3) is 0 Å². The highest BCUT2D eigenvalue weighted by molar-refractivity contribution is 14.1. The molecule has 0 aromatic carbocycles. The maximum absolute atomic E-state index is 4.64. The third-order valence-electron chi connectivity index (χ3n) is 2.63. The average molecular weight is 348 g/mol. The van der Waals surface area contributed by atoms with E-state index in [4.69, 9.17) is 0 Å². The van der Waals surface area contributed by atoms with Gasteiger partial charge in [0.05, 0.1) is 9.26 Å². The predicted molar refractivity (Wildman–Crippen MR) is 81.9 cm³/mol. The van der Waals surface area contributed by atoms with Crippen LogP contribution in [0, 0.1) is 3.57 Å². The summed E-state index contributed by atoms with van der Waals surface area (Å²) in [5, 5.41) is 3.31. The molecule has 0 bridgehead atoms. The van der Waals surface area contributed by atoms with Crippen LogP contribution < -0.4 is 10.2 Å². The standard InChI is InChI=1S/C12H21IN4/c1-5-9-10(13)11(14-6-2)16-12(15-9)17(7-3)8-4/h5-8H2,1-4H3,(H,14,15,16).